The zero-order chi connectivity index (χ0) is 18.9. The van der Waals surface area contributed by atoms with E-state index in [2.05, 4.69) is 4.52 Å². The minimum absolute atomic E-state index is 0.0321. The molecule has 0 radical (unpaired) electrons. The SMILES string of the molecule is CCCOCCOCCOC1OC(COP(=O)(O)O)C(O)C(O)C1O. The van der Waals surface area contributed by atoms with Gasteiger partial charge in [-0.25, -0.2) is 4.57 Å². The summed E-state index contributed by atoms with van der Waals surface area (Å²) in [4.78, 5) is 17.4. The van der Waals surface area contributed by atoms with Gasteiger partial charge in [0.2, 0.25) is 0 Å². The van der Waals surface area contributed by atoms with Gasteiger partial charge in [-0.05, 0) is 6.42 Å². The fourth-order valence-electron chi connectivity index (χ4n) is 2.05. The highest BCUT2D eigenvalue weighted by Crippen LogP contribution is 2.37. The molecular weight excluding hydrogens is 363 g/mol. The molecule has 0 aliphatic carbocycles. The summed E-state index contributed by atoms with van der Waals surface area (Å²) in [6.45, 7) is 3.00. The van der Waals surface area contributed by atoms with Crippen LogP contribution in [0, 0.1) is 0 Å². The van der Waals surface area contributed by atoms with Gasteiger partial charge in [0.15, 0.2) is 6.29 Å². The average molecular weight is 390 g/mol. The predicted octanol–water partition coefficient (Wildman–Crippen LogP) is -1.64. The van der Waals surface area contributed by atoms with Crippen molar-refractivity contribution in [2.24, 2.45) is 0 Å². The van der Waals surface area contributed by atoms with Crippen molar-refractivity contribution in [2.75, 3.05) is 39.6 Å². The monoisotopic (exact) mass is 390 g/mol. The number of rotatable bonds is 12. The van der Waals surface area contributed by atoms with Crippen LogP contribution in [0.2, 0.25) is 0 Å². The van der Waals surface area contributed by atoms with Crippen molar-refractivity contribution in [3.05, 3.63) is 0 Å². The lowest BCUT2D eigenvalue weighted by Crippen LogP contribution is -2.59. The topological polar surface area (TPSA) is 164 Å². The zero-order valence-corrected chi connectivity index (χ0v) is 14.9. The first-order chi connectivity index (χ1) is 11.8. The predicted molar refractivity (Wildman–Crippen MR) is 82.6 cm³/mol. The molecule has 5 unspecified atom stereocenters. The highest BCUT2D eigenvalue weighted by atomic mass is 31.2. The quantitative estimate of drug-likeness (QED) is 0.192. The molecule has 12 heteroatoms. The molecule has 5 N–H and O–H groups in total. The van der Waals surface area contributed by atoms with Crippen molar-refractivity contribution >= 4 is 7.82 Å². The van der Waals surface area contributed by atoms with E-state index in [0.29, 0.717) is 19.8 Å². The van der Waals surface area contributed by atoms with Gasteiger partial charge in [0.1, 0.15) is 24.4 Å². The van der Waals surface area contributed by atoms with Crippen molar-refractivity contribution < 1.29 is 53.1 Å². The first-order valence-corrected chi connectivity index (χ1v) is 9.46. The molecule has 1 heterocycles. The lowest BCUT2D eigenvalue weighted by atomic mass is 9.99. The Hall–Kier alpha value is -0.170. The third kappa shape index (κ3) is 8.85. The van der Waals surface area contributed by atoms with E-state index in [9.17, 15) is 19.9 Å². The molecule has 1 rings (SSSR count). The van der Waals surface area contributed by atoms with E-state index >= 15 is 0 Å². The highest BCUT2D eigenvalue weighted by molar-refractivity contribution is 7.46. The number of phosphoric ester groups is 1. The molecule has 1 saturated heterocycles. The number of hydrogen-bond acceptors (Lipinski definition) is 9. The molecule has 5 atom stereocenters. The molecule has 0 saturated carbocycles. The standard InChI is InChI=1S/C13H27O11P/c1-2-3-20-4-5-21-6-7-22-13-12(16)11(15)10(14)9(24-13)8-23-25(17,18)19/h9-16H,2-8H2,1H3,(H2,17,18,19). The molecule has 1 aliphatic rings. The first-order valence-electron chi connectivity index (χ1n) is 7.93. The number of hydrogen-bond donors (Lipinski definition) is 5. The molecule has 0 amide bonds. The van der Waals surface area contributed by atoms with E-state index in [1.54, 1.807) is 0 Å². The maximum absolute atomic E-state index is 10.7. The summed E-state index contributed by atoms with van der Waals surface area (Å²) >= 11 is 0. The van der Waals surface area contributed by atoms with Gasteiger partial charge in [-0.15, -0.1) is 0 Å². The Bertz CT molecular complexity index is 403. The fourth-order valence-corrected chi connectivity index (χ4v) is 2.39. The minimum Gasteiger partial charge on any atom is -0.387 e. The summed E-state index contributed by atoms with van der Waals surface area (Å²) in [6.07, 6.45) is -6.40. The van der Waals surface area contributed by atoms with E-state index in [1.807, 2.05) is 6.92 Å². The minimum atomic E-state index is -4.76. The van der Waals surface area contributed by atoms with Crippen molar-refractivity contribution in [3.8, 4) is 0 Å². The van der Waals surface area contributed by atoms with Crippen LogP contribution in [0.1, 0.15) is 13.3 Å². The van der Waals surface area contributed by atoms with E-state index < -0.39 is 45.1 Å². The molecule has 0 spiro atoms. The summed E-state index contributed by atoms with van der Waals surface area (Å²) in [6, 6.07) is 0. The van der Waals surface area contributed by atoms with Crippen LogP contribution in [0.15, 0.2) is 0 Å². The van der Waals surface area contributed by atoms with Gasteiger partial charge in [-0.2, -0.15) is 0 Å². The molecule has 25 heavy (non-hydrogen) atoms. The summed E-state index contributed by atoms with van der Waals surface area (Å²) in [5, 5.41) is 29.4. The second-order valence-electron chi connectivity index (χ2n) is 5.40. The Balaban J connectivity index is 2.33. The van der Waals surface area contributed by atoms with E-state index in [-0.39, 0.29) is 13.2 Å². The largest absolute Gasteiger partial charge is 0.469 e. The van der Waals surface area contributed by atoms with Gasteiger partial charge in [0.25, 0.3) is 0 Å². The van der Waals surface area contributed by atoms with E-state index in [0.717, 1.165) is 6.42 Å². The third-order valence-corrected chi connectivity index (χ3v) is 3.79. The highest BCUT2D eigenvalue weighted by Gasteiger charge is 2.44. The van der Waals surface area contributed by atoms with Crippen LogP contribution in [0.3, 0.4) is 0 Å². The van der Waals surface area contributed by atoms with Crippen LogP contribution in [0.5, 0.6) is 0 Å². The van der Waals surface area contributed by atoms with Gasteiger partial charge in [0.05, 0.1) is 33.0 Å². The molecule has 1 fully saturated rings. The molecule has 150 valence electrons. The van der Waals surface area contributed by atoms with Gasteiger partial charge in [-0.3, -0.25) is 4.52 Å². The summed E-state index contributed by atoms with van der Waals surface area (Å²) < 4.78 is 35.9. The van der Waals surface area contributed by atoms with Gasteiger partial charge >= 0.3 is 7.82 Å². The Kier molecular flexibility index (Phi) is 10.5. The van der Waals surface area contributed by atoms with Crippen molar-refractivity contribution in [1.82, 2.24) is 0 Å². The average Bonchev–Trinajstić information content (AvgIpc) is 2.55. The third-order valence-electron chi connectivity index (χ3n) is 3.31. The van der Waals surface area contributed by atoms with Crippen LogP contribution >= 0.6 is 7.82 Å². The van der Waals surface area contributed by atoms with Crippen molar-refractivity contribution in [2.45, 2.75) is 44.1 Å². The van der Waals surface area contributed by atoms with Gasteiger partial charge in [0, 0.05) is 6.61 Å². The lowest BCUT2D eigenvalue weighted by molar-refractivity contribution is -0.301. The normalized spacial score (nSPS) is 30.6. The first kappa shape index (κ1) is 22.9. The van der Waals surface area contributed by atoms with Crippen LogP contribution in [0.25, 0.3) is 0 Å². The number of ether oxygens (including phenoxy) is 4. The summed E-state index contributed by atoms with van der Waals surface area (Å²) in [5.74, 6) is 0. The fraction of sp³-hybridized carbons (Fsp3) is 1.00. The maximum Gasteiger partial charge on any atom is 0.469 e. The Morgan fingerprint density at radius 3 is 2.12 bits per heavy atom. The summed E-state index contributed by atoms with van der Waals surface area (Å²) in [5.41, 5.74) is 0. The van der Waals surface area contributed by atoms with E-state index in [1.165, 1.54) is 0 Å². The molecule has 11 nitrogen and oxygen atoms in total. The van der Waals surface area contributed by atoms with Gasteiger partial charge < -0.3 is 44.1 Å². The molecule has 0 aromatic heterocycles. The van der Waals surface area contributed by atoms with Crippen LogP contribution in [0.4, 0.5) is 0 Å². The summed E-state index contributed by atoms with van der Waals surface area (Å²) in [7, 11) is -4.76. The number of aliphatic hydroxyl groups excluding tert-OH is 3. The Labute approximate surface area is 145 Å². The zero-order valence-electron chi connectivity index (χ0n) is 14.0. The van der Waals surface area contributed by atoms with Gasteiger partial charge in [-0.1, -0.05) is 6.92 Å². The smallest absolute Gasteiger partial charge is 0.387 e. The Morgan fingerprint density at radius 1 is 0.920 bits per heavy atom. The van der Waals surface area contributed by atoms with Crippen LogP contribution in [-0.4, -0.2) is 95.5 Å². The molecule has 1 aliphatic heterocycles. The lowest BCUT2D eigenvalue weighted by Gasteiger charge is -2.40. The molecule has 0 bridgehead atoms. The second-order valence-corrected chi connectivity index (χ2v) is 6.64. The van der Waals surface area contributed by atoms with Crippen LogP contribution < -0.4 is 0 Å². The maximum atomic E-state index is 10.7. The second kappa shape index (κ2) is 11.5. The van der Waals surface area contributed by atoms with Crippen molar-refractivity contribution in [1.29, 1.82) is 0 Å². The molecular formula is C13H27O11P. The van der Waals surface area contributed by atoms with Crippen molar-refractivity contribution in [3.63, 3.8) is 0 Å². The number of phosphoric acid groups is 1. The Morgan fingerprint density at radius 2 is 1.52 bits per heavy atom. The van der Waals surface area contributed by atoms with Crippen LogP contribution in [-0.2, 0) is 28.0 Å². The van der Waals surface area contributed by atoms with E-state index in [4.69, 9.17) is 28.7 Å². The molecule has 0 aromatic rings. The number of aliphatic hydroxyl groups is 3. The molecule has 0 aromatic carbocycles.